The Morgan fingerprint density at radius 2 is 2.07 bits per heavy atom. The molecule has 1 heterocycles. The van der Waals surface area contributed by atoms with Gasteiger partial charge in [-0.1, -0.05) is 6.07 Å². The fraction of sp³-hybridized carbons (Fsp3) is 0.562. The van der Waals surface area contributed by atoms with E-state index in [4.69, 9.17) is 10.5 Å². The first kappa shape index (κ1) is 22.0. The van der Waals surface area contributed by atoms with E-state index in [9.17, 15) is 18.5 Å². The third kappa shape index (κ3) is 7.38. The average molecular weight is 414 g/mol. The lowest BCUT2D eigenvalue weighted by atomic mass is 10.3. The Kier molecular flexibility index (Phi) is 8.57. The van der Waals surface area contributed by atoms with Crippen molar-refractivity contribution in [2.24, 2.45) is 10.7 Å². The fourth-order valence-corrected chi connectivity index (χ4v) is 3.67. The smallest absolute Gasteiger partial charge is 0.270 e. The molecule has 0 aromatic heterocycles. The van der Waals surface area contributed by atoms with Gasteiger partial charge in [0.25, 0.3) is 5.69 Å². The summed E-state index contributed by atoms with van der Waals surface area (Å²) in [4.78, 5) is 16.5. The van der Waals surface area contributed by atoms with Crippen molar-refractivity contribution < 1.29 is 18.1 Å². The number of rotatable bonds is 10. The van der Waals surface area contributed by atoms with Crippen LogP contribution in [0.1, 0.15) is 6.42 Å². The maximum absolute atomic E-state index is 12.2. The van der Waals surface area contributed by atoms with Crippen molar-refractivity contribution in [2.45, 2.75) is 11.3 Å². The van der Waals surface area contributed by atoms with Crippen LogP contribution in [0.2, 0.25) is 0 Å². The first-order valence-electron chi connectivity index (χ1n) is 8.96. The van der Waals surface area contributed by atoms with Crippen molar-refractivity contribution in [2.75, 3.05) is 52.5 Å². The maximum Gasteiger partial charge on any atom is 0.270 e. The van der Waals surface area contributed by atoms with E-state index in [2.05, 4.69) is 19.9 Å². The number of ether oxygens (including phenoxy) is 1. The van der Waals surface area contributed by atoms with Gasteiger partial charge in [0.1, 0.15) is 0 Å². The number of nitro groups is 1. The lowest BCUT2D eigenvalue weighted by molar-refractivity contribution is -0.385. The summed E-state index contributed by atoms with van der Waals surface area (Å²) in [5.74, 6) is 0.247. The van der Waals surface area contributed by atoms with E-state index < -0.39 is 14.9 Å². The van der Waals surface area contributed by atoms with Crippen LogP contribution in [0, 0.1) is 10.1 Å². The minimum Gasteiger partial charge on any atom is -0.379 e. The molecule has 1 saturated heterocycles. The molecule has 28 heavy (non-hydrogen) atoms. The van der Waals surface area contributed by atoms with Crippen molar-refractivity contribution in [1.29, 1.82) is 0 Å². The van der Waals surface area contributed by atoms with Crippen LogP contribution >= 0.6 is 0 Å². The third-order valence-electron chi connectivity index (χ3n) is 4.08. The van der Waals surface area contributed by atoms with Gasteiger partial charge in [-0.2, -0.15) is 0 Å². The summed E-state index contributed by atoms with van der Waals surface area (Å²) >= 11 is 0. The van der Waals surface area contributed by atoms with E-state index >= 15 is 0 Å². The van der Waals surface area contributed by atoms with Crippen LogP contribution in [0.5, 0.6) is 0 Å². The summed E-state index contributed by atoms with van der Waals surface area (Å²) in [6.45, 7) is 5.21. The fourth-order valence-electron chi connectivity index (χ4n) is 2.60. The monoisotopic (exact) mass is 414 g/mol. The lowest BCUT2D eigenvalue weighted by Crippen LogP contribution is -2.39. The van der Waals surface area contributed by atoms with Crippen molar-refractivity contribution in [3.05, 3.63) is 34.4 Å². The average Bonchev–Trinajstić information content (AvgIpc) is 2.69. The van der Waals surface area contributed by atoms with E-state index in [1.165, 1.54) is 18.2 Å². The molecule has 0 aliphatic carbocycles. The minimum atomic E-state index is -3.84. The molecular formula is C16H26N6O5S. The molecule has 156 valence electrons. The molecule has 0 amide bonds. The summed E-state index contributed by atoms with van der Waals surface area (Å²) in [6.07, 6.45) is 0.877. The number of morpholine rings is 1. The van der Waals surface area contributed by atoms with Gasteiger partial charge in [-0.15, -0.1) is 0 Å². The van der Waals surface area contributed by atoms with E-state index in [1.54, 1.807) is 0 Å². The molecule has 0 unspecified atom stereocenters. The largest absolute Gasteiger partial charge is 0.379 e. The number of benzene rings is 1. The summed E-state index contributed by atoms with van der Waals surface area (Å²) in [7, 11) is -3.84. The predicted octanol–water partition coefficient (Wildman–Crippen LogP) is -0.500. The van der Waals surface area contributed by atoms with Gasteiger partial charge >= 0.3 is 0 Å². The lowest BCUT2D eigenvalue weighted by Gasteiger charge is -2.26. The number of hydrogen-bond acceptors (Lipinski definition) is 7. The van der Waals surface area contributed by atoms with Gasteiger partial charge in [0.2, 0.25) is 10.0 Å². The number of nitrogens with zero attached hydrogens (tertiary/aromatic N) is 3. The van der Waals surface area contributed by atoms with Gasteiger partial charge in [-0.25, -0.2) is 13.1 Å². The Morgan fingerprint density at radius 1 is 1.32 bits per heavy atom. The van der Waals surface area contributed by atoms with Gasteiger partial charge in [-0.05, 0) is 12.5 Å². The molecule has 1 aromatic rings. The molecule has 2 rings (SSSR count). The number of nitrogens with one attached hydrogen (secondary N) is 2. The Balaban J connectivity index is 1.67. The molecule has 0 spiro atoms. The van der Waals surface area contributed by atoms with Crippen LogP contribution < -0.4 is 15.8 Å². The first-order chi connectivity index (χ1) is 13.4. The van der Waals surface area contributed by atoms with Crippen molar-refractivity contribution in [1.82, 2.24) is 14.9 Å². The molecule has 12 heteroatoms. The highest BCUT2D eigenvalue weighted by Gasteiger charge is 2.17. The molecule has 0 radical (unpaired) electrons. The maximum atomic E-state index is 12.2. The summed E-state index contributed by atoms with van der Waals surface area (Å²) in [5, 5.41) is 13.6. The molecule has 1 aliphatic rings. The first-order valence-corrected chi connectivity index (χ1v) is 10.4. The highest BCUT2D eigenvalue weighted by molar-refractivity contribution is 7.89. The van der Waals surface area contributed by atoms with Gasteiger partial charge in [0.15, 0.2) is 5.96 Å². The Morgan fingerprint density at radius 3 is 2.79 bits per heavy atom. The number of aliphatic imine (C=N–C) groups is 1. The van der Waals surface area contributed by atoms with Crippen LogP contribution in [-0.4, -0.2) is 76.7 Å². The highest BCUT2D eigenvalue weighted by atomic mass is 32.2. The molecule has 11 nitrogen and oxygen atoms in total. The van der Waals surface area contributed by atoms with Crippen molar-refractivity contribution in [3.63, 3.8) is 0 Å². The Hall–Kier alpha value is -2.28. The van der Waals surface area contributed by atoms with Gasteiger partial charge in [0.05, 0.1) is 23.0 Å². The van der Waals surface area contributed by atoms with Crippen LogP contribution in [0.4, 0.5) is 5.69 Å². The zero-order chi connectivity index (χ0) is 20.4. The second kappa shape index (κ2) is 10.9. The van der Waals surface area contributed by atoms with Gasteiger partial charge in [0, 0.05) is 51.4 Å². The standard InChI is InChI=1S/C16H26N6O5S/c17-16(18-5-2-8-21-9-11-27-12-10-21)19-6-7-20-28(25,26)15-4-1-3-14(13-15)22(23)24/h1,3-4,13,20H,2,5-12H2,(H3,17,18,19). The van der Waals surface area contributed by atoms with Crippen molar-refractivity contribution >= 4 is 21.7 Å². The number of nitro benzene ring substituents is 1. The Labute approximate surface area is 164 Å². The molecule has 1 fully saturated rings. The van der Waals surface area contributed by atoms with E-state index in [0.717, 1.165) is 45.3 Å². The SMILES string of the molecule is NC(=NCCCN1CCOCC1)NCCNS(=O)(=O)c1cccc([N+](=O)[O-])c1. The summed E-state index contributed by atoms with van der Waals surface area (Å²) in [5.41, 5.74) is 5.48. The molecule has 0 saturated carbocycles. The number of hydrogen-bond donors (Lipinski definition) is 3. The number of nitrogens with two attached hydrogens (primary N) is 1. The second-order valence-electron chi connectivity index (χ2n) is 6.15. The molecule has 1 aromatic carbocycles. The topological polar surface area (TPSA) is 152 Å². The minimum absolute atomic E-state index is 0.0645. The van der Waals surface area contributed by atoms with Crippen LogP contribution in [0.3, 0.4) is 0 Å². The van der Waals surface area contributed by atoms with E-state index in [1.807, 2.05) is 0 Å². The molecule has 4 N–H and O–H groups in total. The van der Waals surface area contributed by atoms with Crippen LogP contribution in [0.15, 0.2) is 34.2 Å². The number of guanidine groups is 1. The molecular weight excluding hydrogens is 388 g/mol. The van der Waals surface area contributed by atoms with E-state index in [0.29, 0.717) is 6.54 Å². The molecule has 1 aliphatic heterocycles. The zero-order valence-corrected chi connectivity index (χ0v) is 16.4. The second-order valence-corrected chi connectivity index (χ2v) is 7.92. The zero-order valence-electron chi connectivity index (χ0n) is 15.5. The van der Waals surface area contributed by atoms with Gasteiger partial charge in [-0.3, -0.25) is 20.0 Å². The summed E-state index contributed by atoms with van der Waals surface area (Å²) in [6, 6.07) is 4.87. The van der Waals surface area contributed by atoms with Gasteiger partial charge < -0.3 is 15.8 Å². The molecule has 0 atom stereocenters. The van der Waals surface area contributed by atoms with E-state index in [-0.39, 0.29) is 29.6 Å². The highest BCUT2D eigenvalue weighted by Crippen LogP contribution is 2.16. The number of non-ortho nitro benzene ring substituents is 1. The van der Waals surface area contributed by atoms with Crippen molar-refractivity contribution in [3.8, 4) is 0 Å². The van der Waals surface area contributed by atoms with Crippen LogP contribution in [0.25, 0.3) is 0 Å². The number of sulfonamides is 1. The summed E-state index contributed by atoms with van der Waals surface area (Å²) < 4.78 is 32.0. The predicted molar refractivity (Wildman–Crippen MR) is 105 cm³/mol. The Bertz CT molecular complexity index is 779. The van der Waals surface area contributed by atoms with Crippen LogP contribution in [-0.2, 0) is 14.8 Å². The normalized spacial score (nSPS) is 16.1. The third-order valence-corrected chi connectivity index (χ3v) is 5.54. The molecule has 0 bridgehead atoms. The quantitative estimate of drug-likeness (QED) is 0.152.